The van der Waals surface area contributed by atoms with Gasteiger partial charge in [0.1, 0.15) is 5.15 Å². The first-order chi connectivity index (χ1) is 6.74. The van der Waals surface area contributed by atoms with E-state index < -0.39 is 0 Å². The number of aromatic nitrogens is 4. The van der Waals surface area contributed by atoms with Crippen LogP contribution in [-0.4, -0.2) is 19.7 Å². The van der Waals surface area contributed by atoms with Crippen LogP contribution >= 0.6 is 11.6 Å². The molecule has 0 radical (unpaired) electrons. The highest BCUT2D eigenvalue weighted by atomic mass is 35.5. The number of nitrogens with zero attached hydrogens (tertiary/aromatic N) is 4. The van der Waals surface area contributed by atoms with Gasteiger partial charge in [-0.15, -0.1) is 0 Å². The summed E-state index contributed by atoms with van der Waals surface area (Å²) in [6, 6.07) is 1.95. The molecule has 2 aromatic heterocycles. The van der Waals surface area contributed by atoms with Crippen LogP contribution in [0.5, 0.6) is 0 Å². The first-order valence-corrected chi connectivity index (χ1v) is 4.58. The van der Waals surface area contributed by atoms with Crippen molar-refractivity contribution in [3.05, 3.63) is 41.2 Å². The predicted molar refractivity (Wildman–Crippen MR) is 53.1 cm³/mol. The van der Waals surface area contributed by atoms with E-state index in [2.05, 4.69) is 15.1 Å². The second-order valence-electron chi connectivity index (χ2n) is 2.99. The SMILES string of the molecule is Cc1ccn(Cc2cnc(Cl)cn2)n1. The molecule has 2 heterocycles. The molecule has 4 nitrogen and oxygen atoms in total. The van der Waals surface area contributed by atoms with E-state index in [-0.39, 0.29) is 0 Å². The van der Waals surface area contributed by atoms with Gasteiger partial charge in [-0.1, -0.05) is 11.6 Å². The second-order valence-corrected chi connectivity index (χ2v) is 3.37. The van der Waals surface area contributed by atoms with E-state index in [9.17, 15) is 0 Å². The summed E-state index contributed by atoms with van der Waals surface area (Å²) in [5.41, 5.74) is 1.84. The van der Waals surface area contributed by atoms with Gasteiger partial charge < -0.3 is 0 Å². The minimum absolute atomic E-state index is 0.408. The molecule has 0 aromatic carbocycles. The Kier molecular flexibility index (Phi) is 2.45. The zero-order valence-electron chi connectivity index (χ0n) is 7.68. The number of aryl methyl sites for hydroxylation is 1. The Morgan fingerprint density at radius 1 is 1.36 bits per heavy atom. The van der Waals surface area contributed by atoms with Crippen LogP contribution in [0.1, 0.15) is 11.4 Å². The van der Waals surface area contributed by atoms with E-state index in [1.165, 1.54) is 6.20 Å². The van der Waals surface area contributed by atoms with Crippen molar-refractivity contribution >= 4 is 11.6 Å². The van der Waals surface area contributed by atoms with Gasteiger partial charge in [0.05, 0.1) is 30.3 Å². The highest BCUT2D eigenvalue weighted by molar-refractivity contribution is 6.29. The Morgan fingerprint density at radius 2 is 2.21 bits per heavy atom. The molecule has 2 rings (SSSR count). The van der Waals surface area contributed by atoms with Gasteiger partial charge in [-0.2, -0.15) is 5.10 Å². The van der Waals surface area contributed by atoms with E-state index in [0.29, 0.717) is 11.7 Å². The zero-order chi connectivity index (χ0) is 9.97. The first-order valence-electron chi connectivity index (χ1n) is 4.20. The number of rotatable bonds is 2. The topological polar surface area (TPSA) is 43.6 Å². The summed E-state index contributed by atoms with van der Waals surface area (Å²) < 4.78 is 1.81. The maximum absolute atomic E-state index is 5.62. The highest BCUT2D eigenvalue weighted by Gasteiger charge is 1.98. The van der Waals surface area contributed by atoms with Gasteiger partial charge in [0.15, 0.2) is 0 Å². The third kappa shape index (κ3) is 2.09. The molecule has 0 fully saturated rings. The molecule has 0 aliphatic rings. The molecular formula is C9H9ClN4. The van der Waals surface area contributed by atoms with Crippen molar-refractivity contribution in [1.29, 1.82) is 0 Å². The molecule has 0 unspecified atom stereocenters. The average Bonchev–Trinajstić information content (AvgIpc) is 2.56. The molecule has 0 atom stereocenters. The van der Waals surface area contributed by atoms with Gasteiger partial charge in [0.2, 0.25) is 0 Å². The third-order valence-electron chi connectivity index (χ3n) is 1.77. The summed E-state index contributed by atoms with van der Waals surface area (Å²) in [4.78, 5) is 8.07. The van der Waals surface area contributed by atoms with Gasteiger partial charge >= 0.3 is 0 Å². The Bertz CT molecular complexity index is 421. The molecule has 0 spiro atoms. The fourth-order valence-electron chi connectivity index (χ4n) is 1.14. The molecule has 0 amide bonds. The Balaban J connectivity index is 2.15. The summed E-state index contributed by atoms with van der Waals surface area (Å²) in [6.45, 7) is 2.57. The molecule has 14 heavy (non-hydrogen) atoms. The Labute approximate surface area is 86.6 Å². The molecule has 5 heteroatoms. The summed E-state index contributed by atoms with van der Waals surface area (Å²) in [7, 11) is 0. The highest BCUT2D eigenvalue weighted by Crippen LogP contribution is 2.03. The van der Waals surface area contributed by atoms with E-state index in [4.69, 9.17) is 11.6 Å². The number of halogens is 1. The van der Waals surface area contributed by atoms with Crippen molar-refractivity contribution in [2.24, 2.45) is 0 Å². The normalized spacial score (nSPS) is 10.4. The Morgan fingerprint density at radius 3 is 2.79 bits per heavy atom. The van der Waals surface area contributed by atoms with Crippen LogP contribution in [0.15, 0.2) is 24.7 Å². The van der Waals surface area contributed by atoms with Gasteiger partial charge in [0, 0.05) is 6.20 Å². The molecule has 0 saturated heterocycles. The standard InChI is InChI=1S/C9H9ClN4/c1-7-2-3-14(13-7)6-8-4-12-9(10)5-11-8/h2-5H,6H2,1H3. The van der Waals surface area contributed by atoms with E-state index in [0.717, 1.165) is 11.4 Å². The van der Waals surface area contributed by atoms with Crippen molar-refractivity contribution in [1.82, 2.24) is 19.7 Å². The van der Waals surface area contributed by atoms with Crippen LogP contribution < -0.4 is 0 Å². The Hall–Kier alpha value is -1.42. The van der Waals surface area contributed by atoms with Crippen LogP contribution in [0.2, 0.25) is 5.15 Å². The molecule has 0 bridgehead atoms. The molecule has 0 saturated carbocycles. The second kappa shape index (κ2) is 3.75. The van der Waals surface area contributed by atoms with Crippen molar-refractivity contribution in [3.63, 3.8) is 0 Å². The molecule has 0 N–H and O–H groups in total. The molecule has 0 aliphatic carbocycles. The lowest BCUT2D eigenvalue weighted by Crippen LogP contribution is -2.02. The van der Waals surface area contributed by atoms with Gasteiger partial charge in [0.25, 0.3) is 0 Å². The summed E-state index contributed by atoms with van der Waals surface area (Å²) in [5.74, 6) is 0. The lowest BCUT2D eigenvalue weighted by atomic mass is 10.4. The van der Waals surface area contributed by atoms with Crippen molar-refractivity contribution in [3.8, 4) is 0 Å². The van der Waals surface area contributed by atoms with Crippen LogP contribution in [0, 0.1) is 6.92 Å². The summed E-state index contributed by atoms with van der Waals surface area (Å²) in [6.07, 6.45) is 5.10. The molecular weight excluding hydrogens is 200 g/mol. The minimum Gasteiger partial charge on any atom is -0.266 e. The van der Waals surface area contributed by atoms with Crippen molar-refractivity contribution in [2.75, 3.05) is 0 Å². The average molecular weight is 209 g/mol. The fourth-order valence-corrected chi connectivity index (χ4v) is 1.24. The van der Waals surface area contributed by atoms with Crippen LogP contribution in [0.25, 0.3) is 0 Å². The summed E-state index contributed by atoms with van der Waals surface area (Å²) >= 11 is 5.62. The van der Waals surface area contributed by atoms with E-state index in [1.807, 2.05) is 23.9 Å². The smallest absolute Gasteiger partial charge is 0.147 e. The van der Waals surface area contributed by atoms with Gasteiger partial charge in [-0.25, -0.2) is 4.98 Å². The van der Waals surface area contributed by atoms with Crippen LogP contribution in [0.3, 0.4) is 0 Å². The number of hydrogen-bond acceptors (Lipinski definition) is 3. The van der Waals surface area contributed by atoms with E-state index in [1.54, 1.807) is 6.20 Å². The van der Waals surface area contributed by atoms with Gasteiger partial charge in [-0.3, -0.25) is 9.67 Å². The number of hydrogen-bond donors (Lipinski definition) is 0. The summed E-state index contributed by atoms with van der Waals surface area (Å²) in [5, 5.41) is 4.65. The predicted octanol–water partition coefficient (Wildman–Crippen LogP) is 1.68. The van der Waals surface area contributed by atoms with Crippen LogP contribution in [0.4, 0.5) is 0 Å². The molecule has 2 aromatic rings. The monoisotopic (exact) mass is 208 g/mol. The third-order valence-corrected chi connectivity index (χ3v) is 1.97. The zero-order valence-corrected chi connectivity index (χ0v) is 8.44. The van der Waals surface area contributed by atoms with E-state index >= 15 is 0 Å². The maximum atomic E-state index is 5.62. The molecule has 0 aliphatic heterocycles. The minimum atomic E-state index is 0.408. The van der Waals surface area contributed by atoms with Crippen molar-refractivity contribution < 1.29 is 0 Å². The maximum Gasteiger partial charge on any atom is 0.147 e. The molecule has 72 valence electrons. The van der Waals surface area contributed by atoms with Gasteiger partial charge in [-0.05, 0) is 13.0 Å². The fraction of sp³-hybridized carbons (Fsp3) is 0.222. The lowest BCUT2D eigenvalue weighted by molar-refractivity contribution is 0.663. The quantitative estimate of drug-likeness (QED) is 0.754. The van der Waals surface area contributed by atoms with Crippen LogP contribution in [-0.2, 0) is 6.54 Å². The largest absolute Gasteiger partial charge is 0.266 e. The first kappa shape index (κ1) is 9.15. The van der Waals surface area contributed by atoms with Crippen molar-refractivity contribution in [2.45, 2.75) is 13.5 Å². The lowest BCUT2D eigenvalue weighted by Gasteiger charge is -1.99.